The molecule has 2 N–H and O–H groups in total. The fourth-order valence-corrected chi connectivity index (χ4v) is 8.97. The van der Waals surface area contributed by atoms with Crippen LogP contribution in [0.1, 0.15) is 78.6 Å². The molecule has 1 aromatic rings. The van der Waals surface area contributed by atoms with Crippen LogP contribution in [0.5, 0.6) is 0 Å². The third-order valence-corrected chi connectivity index (χ3v) is 10.8. The first kappa shape index (κ1) is 35.5. The van der Waals surface area contributed by atoms with E-state index in [4.69, 9.17) is 28.4 Å². The SMILES string of the molecule is CC(=O)O[C@H]1C[C@H]2OC[C@@]2(OC(C)=O)[C@H]2[C@H](OC(C)=O)[C@]3(C(C)(C)O)C[C@@H](O)C(C)=C3[C@@H](OC(=O)c3ccccc3)[C@H](OC(C)=O)[C@]12C. The minimum absolute atomic E-state index is 0.0278. The molecule has 4 aliphatic rings. The van der Waals surface area contributed by atoms with Gasteiger partial charge in [0.25, 0.3) is 0 Å². The van der Waals surface area contributed by atoms with E-state index < -0.39 is 94.4 Å². The molecular formula is C35H44O13. The van der Waals surface area contributed by atoms with Crippen LogP contribution < -0.4 is 0 Å². The summed E-state index contributed by atoms with van der Waals surface area (Å²) >= 11 is 0. The van der Waals surface area contributed by atoms with Gasteiger partial charge in [-0.3, -0.25) is 19.2 Å². The minimum Gasteiger partial charge on any atom is -0.462 e. The van der Waals surface area contributed by atoms with E-state index in [-0.39, 0.29) is 30.6 Å². The average Bonchev–Trinajstić information content (AvgIpc) is 3.21. The molecule has 2 saturated carbocycles. The van der Waals surface area contributed by atoms with Crippen molar-refractivity contribution in [1.82, 2.24) is 0 Å². The lowest BCUT2D eigenvalue weighted by Gasteiger charge is -2.65. The van der Waals surface area contributed by atoms with Gasteiger partial charge in [0, 0.05) is 34.1 Å². The maximum atomic E-state index is 13.9. The molecule has 1 heterocycles. The van der Waals surface area contributed by atoms with Gasteiger partial charge in [-0.25, -0.2) is 4.79 Å². The van der Waals surface area contributed by atoms with Crippen molar-refractivity contribution in [3.63, 3.8) is 0 Å². The maximum absolute atomic E-state index is 13.9. The topological polar surface area (TPSA) is 181 Å². The smallest absolute Gasteiger partial charge is 0.338 e. The second kappa shape index (κ2) is 12.3. The van der Waals surface area contributed by atoms with Crippen LogP contribution in [0.15, 0.2) is 41.5 Å². The van der Waals surface area contributed by atoms with E-state index in [2.05, 4.69) is 0 Å². The largest absolute Gasteiger partial charge is 0.462 e. The molecule has 3 fully saturated rings. The Kier molecular flexibility index (Phi) is 9.07. The zero-order valence-corrected chi connectivity index (χ0v) is 28.4. The lowest BCUT2D eigenvalue weighted by atomic mass is 9.49. The van der Waals surface area contributed by atoms with Gasteiger partial charge in [0.05, 0.1) is 40.6 Å². The van der Waals surface area contributed by atoms with Crippen LogP contribution in [0.2, 0.25) is 0 Å². The van der Waals surface area contributed by atoms with Crippen LogP contribution in [-0.2, 0) is 47.6 Å². The van der Waals surface area contributed by atoms with Crippen molar-refractivity contribution < 1.29 is 62.6 Å². The molecule has 0 bridgehead atoms. The number of fused-ring (bicyclic) bond motifs is 4. The van der Waals surface area contributed by atoms with Crippen molar-refractivity contribution in [3.05, 3.63) is 47.0 Å². The molecule has 262 valence electrons. The van der Waals surface area contributed by atoms with E-state index in [0.29, 0.717) is 5.57 Å². The highest BCUT2D eigenvalue weighted by Gasteiger charge is 2.80. The molecule has 5 rings (SSSR count). The number of aliphatic hydroxyl groups is 2. The fraction of sp³-hybridized carbons (Fsp3) is 0.629. The van der Waals surface area contributed by atoms with E-state index in [0.717, 1.165) is 6.92 Å². The molecule has 1 aliphatic heterocycles. The summed E-state index contributed by atoms with van der Waals surface area (Å²) in [5.74, 6) is -4.96. The average molecular weight is 673 g/mol. The van der Waals surface area contributed by atoms with Gasteiger partial charge in [-0.05, 0) is 50.5 Å². The lowest BCUT2D eigenvalue weighted by Crippen LogP contribution is -2.79. The Hall–Kier alpha value is -3.81. The van der Waals surface area contributed by atoms with E-state index in [1.165, 1.54) is 46.8 Å². The van der Waals surface area contributed by atoms with Crippen molar-refractivity contribution in [2.75, 3.05) is 6.61 Å². The summed E-state index contributed by atoms with van der Waals surface area (Å²) in [6.07, 6.45) is -7.94. The standard InChI is InChI=1S/C35H44O13/c1-17-23(40)15-34(32(6,7)42)26(17)27(47-31(41)22-12-10-9-11-13-22)29(45-19(3)37)33(8)24(44-18(2)36)14-25-35(16-43-25,48-21(5)39)28(33)30(34)46-20(4)38/h9-13,23-25,27-30,40,42H,14-16H2,1-8H3/t23-,24+,25-,27-,28+,29+,30+,33-,34+,35+/m1/s1. The number of ether oxygens (including phenoxy) is 6. The molecule has 1 saturated heterocycles. The van der Waals surface area contributed by atoms with Crippen LogP contribution in [-0.4, -0.2) is 94.5 Å². The molecule has 0 radical (unpaired) electrons. The first-order chi connectivity index (χ1) is 22.3. The first-order valence-electron chi connectivity index (χ1n) is 16.0. The molecule has 13 nitrogen and oxygen atoms in total. The monoisotopic (exact) mass is 672 g/mol. The quantitative estimate of drug-likeness (QED) is 0.245. The third-order valence-electron chi connectivity index (χ3n) is 10.8. The van der Waals surface area contributed by atoms with E-state index in [1.54, 1.807) is 32.0 Å². The molecule has 0 amide bonds. The Bertz CT molecular complexity index is 1530. The van der Waals surface area contributed by atoms with Crippen LogP contribution in [0.25, 0.3) is 0 Å². The zero-order chi connectivity index (χ0) is 35.6. The van der Waals surface area contributed by atoms with Gasteiger partial charge in [-0.1, -0.05) is 25.1 Å². The van der Waals surface area contributed by atoms with Crippen LogP contribution in [0.3, 0.4) is 0 Å². The predicted octanol–water partition coefficient (Wildman–Crippen LogP) is 2.59. The fourth-order valence-electron chi connectivity index (χ4n) is 8.97. The normalized spacial score (nSPS) is 37.0. The number of aliphatic hydroxyl groups excluding tert-OH is 1. The number of rotatable bonds is 7. The molecule has 3 aliphatic carbocycles. The van der Waals surface area contributed by atoms with Crippen molar-refractivity contribution in [1.29, 1.82) is 0 Å². The molecule has 0 aromatic heterocycles. The number of benzene rings is 1. The van der Waals surface area contributed by atoms with Crippen LogP contribution >= 0.6 is 0 Å². The van der Waals surface area contributed by atoms with Gasteiger partial charge < -0.3 is 38.6 Å². The van der Waals surface area contributed by atoms with Gasteiger partial charge in [-0.15, -0.1) is 0 Å². The summed E-state index contributed by atoms with van der Waals surface area (Å²) in [7, 11) is 0. The summed E-state index contributed by atoms with van der Waals surface area (Å²) < 4.78 is 36.7. The number of esters is 5. The highest BCUT2D eigenvalue weighted by Crippen LogP contribution is 2.68. The molecular weight excluding hydrogens is 628 g/mol. The Morgan fingerprint density at radius 3 is 1.96 bits per heavy atom. The number of hydrogen-bond donors (Lipinski definition) is 2. The Labute approximate surface area is 278 Å². The molecule has 0 spiro atoms. The van der Waals surface area contributed by atoms with E-state index in [1.807, 2.05) is 0 Å². The Morgan fingerprint density at radius 1 is 0.875 bits per heavy atom. The highest BCUT2D eigenvalue weighted by atomic mass is 16.6. The molecule has 0 unspecified atom stereocenters. The van der Waals surface area contributed by atoms with Crippen molar-refractivity contribution in [2.24, 2.45) is 16.7 Å². The van der Waals surface area contributed by atoms with E-state index >= 15 is 0 Å². The van der Waals surface area contributed by atoms with Crippen molar-refractivity contribution in [2.45, 2.75) is 116 Å². The summed E-state index contributed by atoms with van der Waals surface area (Å²) in [5, 5.41) is 23.9. The number of carbonyl (C=O) groups is 5. The summed E-state index contributed by atoms with van der Waals surface area (Å²) in [6.45, 7) is 10.8. The second-order valence-electron chi connectivity index (χ2n) is 14.1. The van der Waals surface area contributed by atoms with Gasteiger partial charge in [0.15, 0.2) is 17.8 Å². The molecule has 1 aromatic carbocycles. The number of hydrogen-bond acceptors (Lipinski definition) is 13. The first-order valence-corrected chi connectivity index (χ1v) is 16.0. The lowest BCUT2D eigenvalue weighted by molar-refractivity contribution is -0.352. The Balaban J connectivity index is 1.93. The van der Waals surface area contributed by atoms with Gasteiger partial charge >= 0.3 is 29.8 Å². The Morgan fingerprint density at radius 2 is 1.46 bits per heavy atom. The third kappa shape index (κ3) is 5.39. The molecule has 10 atom stereocenters. The molecule has 13 heteroatoms. The zero-order valence-electron chi connectivity index (χ0n) is 28.4. The number of carbonyl (C=O) groups excluding carboxylic acids is 5. The summed E-state index contributed by atoms with van der Waals surface area (Å²) in [6, 6.07) is 8.08. The van der Waals surface area contributed by atoms with Crippen molar-refractivity contribution >= 4 is 29.8 Å². The van der Waals surface area contributed by atoms with Crippen LogP contribution in [0, 0.1) is 16.7 Å². The molecule has 48 heavy (non-hydrogen) atoms. The minimum atomic E-state index is -1.84. The highest BCUT2D eigenvalue weighted by molar-refractivity contribution is 5.89. The van der Waals surface area contributed by atoms with E-state index in [9.17, 15) is 34.2 Å². The van der Waals surface area contributed by atoms with Gasteiger partial charge in [0.2, 0.25) is 0 Å². The second-order valence-corrected chi connectivity index (χ2v) is 14.1. The predicted molar refractivity (Wildman–Crippen MR) is 165 cm³/mol. The maximum Gasteiger partial charge on any atom is 0.338 e. The summed E-state index contributed by atoms with van der Waals surface area (Å²) in [4.78, 5) is 65.7. The summed E-state index contributed by atoms with van der Waals surface area (Å²) in [5.41, 5.74) is -6.14. The van der Waals surface area contributed by atoms with Crippen LogP contribution in [0.4, 0.5) is 0 Å². The van der Waals surface area contributed by atoms with Crippen molar-refractivity contribution in [3.8, 4) is 0 Å². The van der Waals surface area contributed by atoms with Gasteiger partial charge in [-0.2, -0.15) is 0 Å². The van der Waals surface area contributed by atoms with Gasteiger partial charge in [0.1, 0.15) is 18.3 Å².